The van der Waals surface area contributed by atoms with Crippen LogP contribution >= 0.6 is 11.3 Å². The molecule has 14 nitrogen and oxygen atoms in total. The zero-order chi connectivity index (χ0) is 43.7. The number of carbonyl (C=O) groups is 6. The van der Waals surface area contributed by atoms with E-state index in [-0.39, 0.29) is 45.3 Å². The van der Waals surface area contributed by atoms with E-state index >= 15 is 0 Å². The first kappa shape index (κ1) is 44.9. The van der Waals surface area contributed by atoms with Crippen molar-refractivity contribution in [1.82, 2.24) is 26.6 Å². The van der Waals surface area contributed by atoms with Gasteiger partial charge >= 0.3 is 0 Å². The zero-order valence-electron chi connectivity index (χ0n) is 34.1. The van der Waals surface area contributed by atoms with Crippen LogP contribution in [-0.2, 0) is 52.8 Å². The highest BCUT2D eigenvalue weighted by Gasteiger charge is 2.33. The Labute approximate surface area is 364 Å². The van der Waals surface area contributed by atoms with Crippen LogP contribution in [0, 0.1) is 0 Å². The summed E-state index contributed by atoms with van der Waals surface area (Å²) in [5.74, 6) is -3.45. The largest absolute Gasteiger partial charge is 0.378 e. The second kappa shape index (κ2) is 22.8. The molecule has 8 N–H and O–H groups in total. The Morgan fingerprint density at radius 2 is 1.19 bits per heavy atom. The molecule has 3 heterocycles. The van der Waals surface area contributed by atoms with E-state index in [4.69, 9.17) is 10.5 Å². The number of nitrogens with one attached hydrogen (secondary N) is 6. The first-order valence-corrected chi connectivity index (χ1v) is 21.4. The van der Waals surface area contributed by atoms with Gasteiger partial charge in [0.05, 0.1) is 13.2 Å². The molecule has 1 unspecified atom stereocenters. The predicted molar refractivity (Wildman–Crippen MR) is 238 cm³/mol. The summed E-state index contributed by atoms with van der Waals surface area (Å²) in [4.78, 5) is 84.2. The van der Waals surface area contributed by atoms with Gasteiger partial charge in [0.15, 0.2) is 0 Å². The van der Waals surface area contributed by atoms with E-state index in [1.807, 2.05) is 102 Å². The van der Waals surface area contributed by atoms with Gasteiger partial charge in [-0.1, -0.05) is 103 Å². The van der Waals surface area contributed by atoms with Gasteiger partial charge in [0, 0.05) is 55.8 Å². The number of amides is 6. The second-order valence-corrected chi connectivity index (χ2v) is 15.8. The summed E-state index contributed by atoms with van der Waals surface area (Å²) in [5, 5.41) is 18.8. The lowest BCUT2D eigenvalue weighted by atomic mass is 9.99. The lowest BCUT2D eigenvalue weighted by Gasteiger charge is -2.27. The van der Waals surface area contributed by atoms with Crippen molar-refractivity contribution >= 4 is 52.5 Å². The Hall–Kier alpha value is -6.68. The normalized spacial score (nSPS) is 19.0. The number of ether oxygens (including phenoxy) is 1. The predicted octanol–water partition coefficient (Wildman–Crippen LogP) is 3.58. The van der Waals surface area contributed by atoms with Gasteiger partial charge in [-0.25, -0.2) is 0 Å². The molecule has 0 saturated heterocycles. The van der Waals surface area contributed by atoms with Crippen LogP contribution < -0.4 is 37.6 Å². The van der Waals surface area contributed by atoms with Crippen LogP contribution in [0.15, 0.2) is 127 Å². The van der Waals surface area contributed by atoms with Gasteiger partial charge in [-0.15, -0.1) is 11.3 Å². The van der Waals surface area contributed by atoms with E-state index in [9.17, 15) is 28.8 Å². The summed E-state index contributed by atoms with van der Waals surface area (Å²) in [6.07, 6.45) is -0.166. The van der Waals surface area contributed by atoms with Crippen molar-refractivity contribution in [1.29, 1.82) is 0 Å². The molecule has 0 saturated carbocycles. The Morgan fingerprint density at radius 1 is 0.613 bits per heavy atom. The smallest absolute Gasteiger partial charge is 0.247 e. The van der Waals surface area contributed by atoms with Crippen molar-refractivity contribution < 1.29 is 33.5 Å². The summed E-state index contributed by atoms with van der Waals surface area (Å²) in [6.45, 7) is 0.955. The molecule has 6 amide bonds. The average molecular weight is 858 g/mol. The van der Waals surface area contributed by atoms with Gasteiger partial charge in [0.25, 0.3) is 0 Å². The number of fused-ring (bicyclic) bond motifs is 17. The Bertz CT molecular complexity index is 2260. The lowest BCUT2D eigenvalue weighted by molar-refractivity contribution is -0.134. The van der Waals surface area contributed by atoms with Crippen molar-refractivity contribution in [2.45, 2.75) is 56.3 Å². The fourth-order valence-electron chi connectivity index (χ4n) is 6.90. The topological polar surface area (TPSA) is 210 Å². The van der Waals surface area contributed by atoms with Crippen molar-refractivity contribution in [2.75, 3.05) is 31.6 Å². The third-order valence-electron chi connectivity index (χ3n) is 10.2. The summed E-state index contributed by atoms with van der Waals surface area (Å²) in [6, 6.07) is 31.8. The van der Waals surface area contributed by atoms with Crippen LogP contribution in [0.2, 0.25) is 0 Å². The summed E-state index contributed by atoms with van der Waals surface area (Å²) in [5.41, 5.74) is 9.76. The SMILES string of the molecule is NCCOCCNC(=O)C1NC(=O)[C@@H](Cc2ccccc2)NC(=O)[C@H](Cc2ccc(-c3ccccc3)cc2)NC(=O)[C@@H](Cc2cccs2)NC(=O)CCC(=O)Nc2ccc1cc2. The third-order valence-corrected chi connectivity index (χ3v) is 11.0. The number of hydrogen-bond donors (Lipinski definition) is 7. The maximum absolute atomic E-state index is 14.6. The molecule has 62 heavy (non-hydrogen) atoms. The molecular weight excluding hydrogens is 807 g/mol. The molecule has 15 heteroatoms. The van der Waals surface area contributed by atoms with Gasteiger partial charge in [-0.2, -0.15) is 0 Å². The standard InChI is InChI=1S/C47H51N7O7S/c48-23-25-61-26-24-49-47(60)43-35-17-19-36(20-18-35)50-41(55)21-22-42(56)51-40(30-37-12-7-27-62-37)45(58)52-38(29-32-13-15-34(16-14-32)33-10-5-2-6-11-33)44(57)53-39(46(59)54-43)28-31-8-3-1-4-9-31/h1-20,27,38-40,43H,21-26,28-30,48H2,(H,49,60)(H,50,55)(H,51,56)(H,52,58)(H,53,57)(H,54,59)/t38-,39+,40+,43?/m0/s1. The highest BCUT2D eigenvalue weighted by Crippen LogP contribution is 2.21. The van der Waals surface area contributed by atoms with E-state index in [0.717, 1.165) is 27.1 Å². The molecule has 4 atom stereocenters. The molecule has 2 bridgehead atoms. The van der Waals surface area contributed by atoms with Crippen LogP contribution in [-0.4, -0.2) is 79.9 Å². The number of thiophene rings is 1. The number of carbonyl (C=O) groups excluding carboxylic acids is 6. The van der Waals surface area contributed by atoms with Crippen LogP contribution in [0.4, 0.5) is 5.69 Å². The molecule has 2 aliphatic rings. The first-order chi connectivity index (χ1) is 30.1. The molecule has 5 aromatic rings. The van der Waals surface area contributed by atoms with E-state index in [1.165, 1.54) is 11.3 Å². The molecule has 7 rings (SSSR count). The second-order valence-electron chi connectivity index (χ2n) is 14.8. The number of benzene rings is 4. The zero-order valence-corrected chi connectivity index (χ0v) is 35.0. The molecular formula is C47H51N7O7S. The van der Waals surface area contributed by atoms with Crippen molar-refractivity contribution in [2.24, 2.45) is 5.73 Å². The minimum atomic E-state index is -1.22. The molecule has 4 aromatic carbocycles. The van der Waals surface area contributed by atoms with Gasteiger partial charge in [0.2, 0.25) is 35.4 Å². The van der Waals surface area contributed by atoms with E-state index < -0.39 is 59.6 Å². The van der Waals surface area contributed by atoms with Crippen LogP contribution in [0.25, 0.3) is 11.1 Å². The quantitative estimate of drug-likeness (QED) is 0.0686. The molecule has 0 aliphatic carbocycles. The third kappa shape index (κ3) is 13.4. The van der Waals surface area contributed by atoms with E-state index in [2.05, 4.69) is 31.9 Å². The number of hydrogen-bond acceptors (Lipinski definition) is 9. The highest BCUT2D eigenvalue weighted by molar-refractivity contribution is 7.09. The number of rotatable bonds is 13. The van der Waals surface area contributed by atoms with Gasteiger partial charge in [-0.3, -0.25) is 28.8 Å². The molecule has 1 aromatic heterocycles. The fraction of sp³-hybridized carbons (Fsp3) is 0.277. The number of anilines is 1. The first-order valence-electron chi connectivity index (χ1n) is 20.5. The van der Waals surface area contributed by atoms with E-state index in [1.54, 1.807) is 24.3 Å². The Balaban J connectivity index is 1.35. The Kier molecular flexibility index (Phi) is 16.5. The molecule has 0 fully saturated rings. The molecule has 0 radical (unpaired) electrons. The van der Waals surface area contributed by atoms with Crippen LogP contribution in [0.5, 0.6) is 0 Å². The Morgan fingerprint density at radius 3 is 1.82 bits per heavy atom. The van der Waals surface area contributed by atoms with Crippen molar-refractivity contribution in [3.05, 3.63) is 148 Å². The van der Waals surface area contributed by atoms with Gasteiger partial charge in [-0.05, 0) is 51.4 Å². The maximum atomic E-state index is 14.6. The lowest BCUT2D eigenvalue weighted by Crippen LogP contribution is -2.58. The average Bonchev–Trinajstić information content (AvgIpc) is 3.81. The van der Waals surface area contributed by atoms with Crippen molar-refractivity contribution in [3.8, 4) is 11.1 Å². The maximum Gasteiger partial charge on any atom is 0.247 e. The summed E-state index contributed by atoms with van der Waals surface area (Å²) in [7, 11) is 0. The minimum Gasteiger partial charge on any atom is -0.378 e. The number of nitrogens with two attached hydrogens (primary N) is 1. The van der Waals surface area contributed by atoms with E-state index in [0.29, 0.717) is 24.4 Å². The van der Waals surface area contributed by atoms with Crippen LogP contribution in [0.1, 0.15) is 40.5 Å². The molecule has 322 valence electrons. The molecule has 0 spiro atoms. The van der Waals surface area contributed by atoms with Gasteiger partial charge in [0.1, 0.15) is 24.2 Å². The molecule has 2 aliphatic heterocycles. The highest BCUT2D eigenvalue weighted by atomic mass is 32.1. The van der Waals surface area contributed by atoms with Gasteiger partial charge < -0.3 is 42.4 Å². The monoisotopic (exact) mass is 857 g/mol. The fourth-order valence-corrected chi connectivity index (χ4v) is 7.66. The summed E-state index contributed by atoms with van der Waals surface area (Å²) < 4.78 is 5.42. The minimum absolute atomic E-state index is 0.0375. The van der Waals surface area contributed by atoms with Crippen LogP contribution in [0.3, 0.4) is 0 Å². The summed E-state index contributed by atoms with van der Waals surface area (Å²) >= 11 is 1.41. The van der Waals surface area contributed by atoms with Crippen molar-refractivity contribution in [3.63, 3.8) is 0 Å².